The fourth-order valence-corrected chi connectivity index (χ4v) is 6.20. The number of nitrogens with zero attached hydrogens (tertiary/aromatic N) is 1. The van der Waals surface area contributed by atoms with E-state index in [2.05, 4.69) is 103 Å². The van der Waals surface area contributed by atoms with Gasteiger partial charge in [-0.3, -0.25) is 4.79 Å². The summed E-state index contributed by atoms with van der Waals surface area (Å²) in [6, 6.07) is -0.376. The predicted octanol–water partition coefficient (Wildman–Crippen LogP) is 6.13. The number of fused-ring (bicyclic) bond motifs is 1. The Morgan fingerprint density at radius 1 is 1.07 bits per heavy atom. The normalized spacial score (nSPS) is 22.9. The molecule has 1 saturated heterocycles. The van der Waals surface area contributed by atoms with Crippen molar-refractivity contribution in [2.24, 2.45) is 28.6 Å². The third kappa shape index (κ3) is 8.57. The molecule has 4 unspecified atom stereocenters. The molecule has 2 aliphatic rings. The number of carbonyl (C=O) groups excluding carboxylic acids is 2. The van der Waals surface area contributed by atoms with Crippen LogP contribution in [0.2, 0.25) is 0 Å². The molecule has 0 aromatic heterocycles. The number of hydrogen-bond acceptors (Lipinski definition) is 8. The first kappa shape index (κ1) is 35.3. The maximum Gasteiger partial charge on any atom is 0.508 e. The molecule has 238 valence electrons. The van der Waals surface area contributed by atoms with Gasteiger partial charge in [0.05, 0.1) is 36.1 Å². The second-order valence-corrected chi connectivity index (χ2v) is 14.4. The summed E-state index contributed by atoms with van der Waals surface area (Å²) in [7, 11) is 0. The van der Waals surface area contributed by atoms with Crippen LogP contribution in [-0.2, 0) is 14.3 Å². The molecule has 2 fully saturated rings. The van der Waals surface area contributed by atoms with Crippen LogP contribution >= 0.6 is 0 Å². The Hall–Kier alpha value is -2.90. The fraction of sp³-hybridized carbons (Fsp3) is 0.706. The van der Waals surface area contributed by atoms with Crippen LogP contribution in [0.15, 0.2) is 49.1 Å². The summed E-state index contributed by atoms with van der Waals surface area (Å²) in [6.07, 6.45) is 1.68. The molecule has 1 aliphatic carbocycles. The van der Waals surface area contributed by atoms with Crippen molar-refractivity contribution < 1.29 is 19.1 Å². The number of ether oxygens (including phenoxy) is 2. The maximum atomic E-state index is 12.0. The predicted molar refractivity (Wildman–Crippen MR) is 171 cm³/mol. The molecule has 3 N–H and O–H groups in total. The first-order chi connectivity index (χ1) is 19.4. The van der Waals surface area contributed by atoms with Crippen molar-refractivity contribution in [3.63, 3.8) is 0 Å². The lowest BCUT2D eigenvalue weighted by molar-refractivity contribution is -0.105. The molecule has 0 amide bonds. The highest BCUT2D eigenvalue weighted by molar-refractivity contribution is 5.74. The molecule has 0 aromatic carbocycles. The summed E-state index contributed by atoms with van der Waals surface area (Å²) in [4.78, 5) is 25.9. The summed E-state index contributed by atoms with van der Waals surface area (Å²) in [5.41, 5.74) is 2.45. The number of carbonyl (C=O) groups is 2. The number of piperidine rings is 1. The third-order valence-electron chi connectivity index (χ3n) is 8.87. The van der Waals surface area contributed by atoms with Gasteiger partial charge in [0.15, 0.2) is 0 Å². The van der Waals surface area contributed by atoms with Gasteiger partial charge in [-0.25, -0.2) is 4.79 Å². The molecule has 0 radical (unpaired) electrons. The minimum atomic E-state index is -0.676. The quantitative estimate of drug-likeness (QED) is 0.106. The van der Waals surface area contributed by atoms with E-state index in [9.17, 15) is 9.59 Å². The second-order valence-electron chi connectivity index (χ2n) is 14.4. The maximum absolute atomic E-state index is 12.0. The van der Waals surface area contributed by atoms with E-state index in [1.807, 2.05) is 0 Å². The summed E-state index contributed by atoms with van der Waals surface area (Å²) in [5.74, 6) is 1.79. The molecular weight excluding hydrogens is 528 g/mol. The average molecular weight is 587 g/mol. The monoisotopic (exact) mass is 586 g/mol. The average Bonchev–Trinajstić information content (AvgIpc) is 3.20. The van der Waals surface area contributed by atoms with Crippen molar-refractivity contribution in [2.75, 3.05) is 13.2 Å². The van der Waals surface area contributed by atoms with Gasteiger partial charge in [0.25, 0.3) is 0 Å². The summed E-state index contributed by atoms with van der Waals surface area (Å²) < 4.78 is 10.5. The van der Waals surface area contributed by atoms with Crippen molar-refractivity contribution in [1.82, 2.24) is 20.9 Å². The molecule has 6 atom stereocenters. The Kier molecular flexibility index (Phi) is 11.8. The molecule has 1 heterocycles. The van der Waals surface area contributed by atoms with Crippen LogP contribution in [0.5, 0.6) is 0 Å². The largest absolute Gasteiger partial charge is 0.508 e. The number of hydrogen-bond donors (Lipinski definition) is 3. The molecule has 2 rings (SSSR count). The lowest BCUT2D eigenvalue weighted by Gasteiger charge is -2.43. The lowest BCUT2D eigenvalue weighted by atomic mass is 9.83. The van der Waals surface area contributed by atoms with Crippen LogP contribution < -0.4 is 16.0 Å². The summed E-state index contributed by atoms with van der Waals surface area (Å²) >= 11 is 0. The SMILES string of the molecule is C=C(NC(COC(=O)OC(C)C)C(C)C)NC(C(=C)N1C[C@H]2[C@@H](C1C(=C)NC(CCC)C(=C)C=O)C2(C)C)C(C)(C)C. The standard InChI is InChI=1S/C34H58N4O4/c1-15-16-27(22(6)18-39)35-23(7)30-29-26(34(29,13)14)17-38(30)24(8)31(33(10,11)12)37-25(9)36-28(20(2)3)19-41-32(40)42-21(4)5/h18,20-21,26-31,35-37H,6-9,15-17,19H2,1-5,10-14H3/t26-,27?,28?,29-,30?,31?/m0/s1. The van der Waals surface area contributed by atoms with E-state index in [0.29, 0.717) is 23.2 Å². The summed E-state index contributed by atoms with van der Waals surface area (Å²) in [6.45, 7) is 39.4. The highest BCUT2D eigenvalue weighted by Gasteiger charge is 2.67. The van der Waals surface area contributed by atoms with Gasteiger partial charge in [-0.2, -0.15) is 0 Å². The highest BCUT2D eigenvalue weighted by Crippen LogP contribution is 2.66. The van der Waals surface area contributed by atoms with Crippen molar-refractivity contribution in [2.45, 2.75) is 112 Å². The molecule has 0 spiro atoms. The first-order valence-corrected chi connectivity index (χ1v) is 15.5. The molecule has 0 aromatic rings. The van der Waals surface area contributed by atoms with Gasteiger partial charge in [-0.05, 0) is 48.9 Å². The van der Waals surface area contributed by atoms with E-state index in [1.54, 1.807) is 13.8 Å². The van der Waals surface area contributed by atoms with Gasteiger partial charge >= 0.3 is 6.16 Å². The van der Waals surface area contributed by atoms with Gasteiger partial charge in [0.1, 0.15) is 12.9 Å². The minimum absolute atomic E-state index is 0.0490. The molecule has 1 saturated carbocycles. The van der Waals surface area contributed by atoms with Crippen molar-refractivity contribution in [1.29, 1.82) is 0 Å². The van der Waals surface area contributed by atoms with Crippen LogP contribution in [-0.4, -0.2) is 60.8 Å². The first-order valence-electron chi connectivity index (χ1n) is 15.5. The number of likely N-dealkylation sites (tertiary alicyclic amines) is 1. The molecule has 8 heteroatoms. The van der Waals surface area contributed by atoms with E-state index in [-0.39, 0.29) is 53.6 Å². The van der Waals surface area contributed by atoms with Crippen molar-refractivity contribution >= 4 is 12.4 Å². The number of aldehydes is 1. The second kappa shape index (κ2) is 14.0. The van der Waals surface area contributed by atoms with Gasteiger partial charge < -0.3 is 30.3 Å². The Morgan fingerprint density at radius 3 is 2.19 bits per heavy atom. The van der Waals surface area contributed by atoms with Gasteiger partial charge in [-0.1, -0.05) is 88.1 Å². The van der Waals surface area contributed by atoms with E-state index in [1.165, 1.54) is 0 Å². The van der Waals surface area contributed by atoms with Gasteiger partial charge in [-0.15, -0.1) is 0 Å². The Labute approximate surface area is 255 Å². The van der Waals surface area contributed by atoms with E-state index >= 15 is 0 Å². The minimum Gasteiger partial charge on any atom is -0.432 e. The van der Waals surface area contributed by atoms with Crippen LogP contribution in [0.4, 0.5) is 4.79 Å². The molecule has 1 aliphatic heterocycles. The van der Waals surface area contributed by atoms with Crippen molar-refractivity contribution in [3.05, 3.63) is 49.1 Å². The number of nitrogens with one attached hydrogen (secondary N) is 3. The van der Waals surface area contributed by atoms with Gasteiger partial charge in [0.2, 0.25) is 0 Å². The molecule has 0 bridgehead atoms. The van der Waals surface area contributed by atoms with Crippen LogP contribution in [0.3, 0.4) is 0 Å². The zero-order valence-corrected chi connectivity index (χ0v) is 27.9. The van der Waals surface area contributed by atoms with Crippen molar-refractivity contribution in [3.8, 4) is 0 Å². The van der Waals surface area contributed by atoms with Crippen LogP contribution in [0, 0.1) is 28.6 Å². The lowest BCUT2D eigenvalue weighted by Crippen LogP contribution is -2.53. The van der Waals surface area contributed by atoms with Gasteiger partial charge in [0, 0.05) is 23.5 Å². The Bertz CT molecular complexity index is 1030. The third-order valence-corrected chi connectivity index (χ3v) is 8.87. The topological polar surface area (TPSA) is 91.9 Å². The highest BCUT2D eigenvalue weighted by atomic mass is 16.7. The van der Waals surface area contributed by atoms with E-state index in [0.717, 1.165) is 37.1 Å². The van der Waals surface area contributed by atoms with Crippen LogP contribution in [0.25, 0.3) is 0 Å². The molecular formula is C34H58N4O4. The fourth-order valence-electron chi connectivity index (χ4n) is 6.20. The zero-order chi connectivity index (χ0) is 32.2. The summed E-state index contributed by atoms with van der Waals surface area (Å²) in [5, 5.41) is 10.6. The zero-order valence-electron chi connectivity index (χ0n) is 27.9. The molecule has 8 nitrogen and oxygen atoms in total. The van der Waals surface area contributed by atoms with E-state index in [4.69, 9.17) is 9.47 Å². The van der Waals surface area contributed by atoms with Crippen LogP contribution in [0.1, 0.15) is 82.1 Å². The smallest absolute Gasteiger partial charge is 0.432 e. The number of rotatable bonds is 17. The Morgan fingerprint density at radius 2 is 1.69 bits per heavy atom. The molecule has 42 heavy (non-hydrogen) atoms. The van der Waals surface area contributed by atoms with E-state index < -0.39 is 6.16 Å². The Balaban J connectivity index is 2.22.